The summed E-state index contributed by atoms with van der Waals surface area (Å²) in [6, 6.07) is 6.01. The number of carbonyl (C=O) groups excluding carboxylic acids is 2. The van der Waals surface area contributed by atoms with E-state index in [1.54, 1.807) is 14.0 Å². The molecule has 3 rings (SSSR count). The molecule has 154 valence electrons. The van der Waals surface area contributed by atoms with Crippen LogP contribution >= 0.6 is 0 Å². The zero-order valence-electron chi connectivity index (χ0n) is 17.4. The number of hydrogen-bond acceptors (Lipinski definition) is 4. The Bertz CT molecular complexity index is 725. The number of piperidine rings is 1. The van der Waals surface area contributed by atoms with Gasteiger partial charge in [-0.25, -0.2) is 0 Å². The first-order valence-corrected chi connectivity index (χ1v) is 10.2. The molecular formula is C22H32N2O4. The fraction of sp³-hybridized carbons (Fsp3) is 0.636. The van der Waals surface area contributed by atoms with Gasteiger partial charge in [0.2, 0.25) is 0 Å². The molecule has 1 aromatic rings. The maximum Gasteiger partial charge on any atom is 0.251 e. The molecule has 2 aliphatic heterocycles. The number of benzene rings is 1. The first kappa shape index (κ1) is 20.8. The van der Waals surface area contributed by atoms with Gasteiger partial charge in [-0.1, -0.05) is 17.7 Å². The summed E-state index contributed by atoms with van der Waals surface area (Å²) >= 11 is 0. The Morgan fingerprint density at radius 1 is 1.29 bits per heavy atom. The van der Waals surface area contributed by atoms with Crippen molar-refractivity contribution in [3.63, 3.8) is 0 Å². The first-order valence-electron chi connectivity index (χ1n) is 10.2. The number of ether oxygens (including phenoxy) is 2. The standard InChI is InChI=1S/C22H32N2O4/c1-15-5-6-19(16(2)13-15)20(25)23-18-7-12-28-22(14-18)8-10-24(11-9-22)21(26)17(3)27-4/h5-6,13,17-18H,7-12,14H2,1-4H3,(H,23,25). The van der Waals surface area contributed by atoms with E-state index in [1.807, 2.05) is 36.9 Å². The van der Waals surface area contributed by atoms with E-state index < -0.39 is 6.10 Å². The highest BCUT2D eigenvalue weighted by molar-refractivity contribution is 5.95. The zero-order valence-corrected chi connectivity index (χ0v) is 17.4. The predicted molar refractivity (Wildman–Crippen MR) is 107 cm³/mol. The summed E-state index contributed by atoms with van der Waals surface area (Å²) in [7, 11) is 1.56. The lowest BCUT2D eigenvalue weighted by atomic mass is 9.82. The Kier molecular flexibility index (Phi) is 6.40. The molecule has 1 N–H and O–H groups in total. The van der Waals surface area contributed by atoms with Crippen LogP contribution in [0.2, 0.25) is 0 Å². The second kappa shape index (κ2) is 8.62. The van der Waals surface area contributed by atoms with E-state index in [1.165, 1.54) is 0 Å². The zero-order chi connectivity index (χ0) is 20.3. The van der Waals surface area contributed by atoms with Crippen LogP contribution in [0.4, 0.5) is 0 Å². The molecule has 1 aromatic carbocycles. The van der Waals surface area contributed by atoms with E-state index in [4.69, 9.17) is 9.47 Å². The summed E-state index contributed by atoms with van der Waals surface area (Å²) in [5, 5.41) is 3.21. The van der Waals surface area contributed by atoms with Gasteiger partial charge in [0, 0.05) is 38.4 Å². The summed E-state index contributed by atoms with van der Waals surface area (Å²) in [5.41, 5.74) is 2.65. The second-order valence-electron chi connectivity index (χ2n) is 8.22. The summed E-state index contributed by atoms with van der Waals surface area (Å²) in [6.45, 7) is 7.76. The van der Waals surface area contributed by atoms with Gasteiger partial charge in [0.1, 0.15) is 6.10 Å². The number of carbonyl (C=O) groups is 2. The average Bonchev–Trinajstić information content (AvgIpc) is 2.67. The number of nitrogens with one attached hydrogen (secondary N) is 1. The van der Waals surface area contributed by atoms with Gasteiger partial charge in [0.15, 0.2) is 0 Å². The van der Waals surface area contributed by atoms with Crippen LogP contribution in [0.25, 0.3) is 0 Å². The van der Waals surface area contributed by atoms with Gasteiger partial charge in [0.05, 0.1) is 5.60 Å². The van der Waals surface area contributed by atoms with Crippen molar-refractivity contribution in [1.82, 2.24) is 10.2 Å². The Morgan fingerprint density at radius 2 is 2.00 bits per heavy atom. The van der Waals surface area contributed by atoms with Crippen LogP contribution in [-0.4, -0.2) is 61.3 Å². The monoisotopic (exact) mass is 388 g/mol. The molecule has 2 unspecified atom stereocenters. The Hall–Kier alpha value is -1.92. The minimum Gasteiger partial charge on any atom is -0.375 e. The van der Waals surface area contributed by atoms with E-state index in [2.05, 4.69) is 5.32 Å². The van der Waals surface area contributed by atoms with Crippen molar-refractivity contribution >= 4 is 11.8 Å². The SMILES string of the molecule is COC(C)C(=O)N1CCC2(CC1)CC(NC(=O)c1ccc(C)cc1C)CCO2. The number of methoxy groups -OCH3 is 1. The number of likely N-dealkylation sites (tertiary alicyclic amines) is 1. The van der Waals surface area contributed by atoms with Crippen LogP contribution in [0.3, 0.4) is 0 Å². The Labute approximate surface area is 167 Å². The number of aryl methyl sites for hydroxylation is 2. The van der Waals surface area contributed by atoms with Crippen molar-refractivity contribution in [2.75, 3.05) is 26.8 Å². The number of nitrogens with zero attached hydrogens (tertiary/aromatic N) is 1. The molecule has 2 atom stereocenters. The molecule has 2 aliphatic rings. The summed E-state index contributed by atoms with van der Waals surface area (Å²) in [5.74, 6) is 0.0222. The highest BCUT2D eigenvalue weighted by Gasteiger charge is 2.42. The maximum atomic E-state index is 12.7. The van der Waals surface area contributed by atoms with Gasteiger partial charge in [-0.05, 0) is 58.1 Å². The normalized spacial score (nSPS) is 22.7. The molecule has 6 nitrogen and oxygen atoms in total. The minimum absolute atomic E-state index is 0.0129. The maximum absolute atomic E-state index is 12.7. The van der Waals surface area contributed by atoms with Gasteiger partial charge in [-0.3, -0.25) is 9.59 Å². The summed E-state index contributed by atoms with van der Waals surface area (Å²) < 4.78 is 11.3. The van der Waals surface area contributed by atoms with Crippen molar-refractivity contribution in [2.45, 2.75) is 64.2 Å². The van der Waals surface area contributed by atoms with Gasteiger partial charge in [-0.15, -0.1) is 0 Å². The molecule has 6 heteroatoms. The van der Waals surface area contributed by atoms with Crippen LogP contribution in [-0.2, 0) is 14.3 Å². The molecule has 2 saturated heterocycles. The number of hydrogen-bond donors (Lipinski definition) is 1. The third-order valence-corrected chi connectivity index (χ3v) is 6.14. The lowest BCUT2D eigenvalue weighted by Crippen LogP contribution is -2.55. The fourth-order valence-electron chi connectivity index (χ4n) is 4.32. The van der Waals surface area contributed by atoms with E-state index in [9.17, 15) is 9.59 Å². The van der Waals surface area contributed by atoms with Gasteiger partial charge in [-0.2, -0.15) is 0 Å². The second-order valence-corrected chi connectivity index (χ2v) is 8.22. The van der Waals surface area contributed by atoms with Crippen molar-refractivity contribution in [3.05, 3.63) is 34.9 Å². The van der Waals surface area contributed by atoms with Gasteiger partial charge >= 0.3 is 0 Å². The topological polar surface area (TPSA) is 67.9 Å². The lowest BCUT2D eigenvalue weighted by molar-refractivity contribution is -0.152. The highest BCUT2D eigenvalue weighted by atomic mass is 16.5. The van der Waals surface area contributed by atoms with Crippen LogP contribution in [0.1, 0.15) is 54.1 Å². The first-order chi connectivity index (χ1) is 13.3. The quantitative estimate of drug-likeness (QED) is 0.861. The van der Waals surface area contributed by atoms with E-state index in [-0.39, 0.29) is 23.5 Å². The third kappa shape index (κ3) is 4.55. The molecule has 2 fully saturated rings. The molecule has 28 heavy (non-hydrogen) atoms. The van der Waals surface area contributed by atoms with Gasteiger partial charge < -0.3 is 19.7 Å². The van der Waals surface area contributed by atoms with Crippen molar-refractivity contribution < 1.29 is 19.1 Å². The Balaban J connectivity index is 1.58. The van der Waals surface area contributed by atoms with Crippen LogP contribution in [0.15, 0.2) is 18.2 Å². The molecule has 0 saturated carbocycles. The molecule has 0 radical (unpaired) electrons. The van der Waals surface area contributed by atoms with E-state index >= 15 is 0 Å². The Morgan fingerprint density at radius 3 is 2.64 bits per heavy atom. The largest absolute Gasteiger partial charge is 0.375 e. The summed E-state index contributed by atoms with van der Waals surface area (Å²) in [4.78, 5) is 26.9. The molecule has 0 aromatic heterocycles. The molecule has 2 heterocycles. The summed E-state index contributed by atoms with van der Waals surface area (Å²) in [6.07, 6.45) is 2.80. The van der Waals surface area contributed by atoms with Crippen molar-refractivity contribution in [3.8, 4) is 0 Å². The molecule has 1 spiro atoms. The van der Waals surface area contributed by atoms with E-state index in [0.29, 0.717) is 19.7 Å². The fourth-order valence-corrected chi connectivity index (χ4v) is 4.32. The van der Waals surface area contributed by atoms with Crippen LogP contribution in [0.5, 0.6) is 0 Å². The van der Waals surface area contributed by atoms with E-state index in [0.717, 1.165) is 42.4 Å². The average molecular weight is 389 g/mol. The molecular weight excluding hydrogens is 356 g/mol. The smallest absolute Gasteiger partial charge is 0.251 e. The predicted octanol–water partition coefficient (Wildman–Crippen LogP) is 2.61. The van der Waals surface area contributed by atoms with Crippen molar-refractivity contribution in [2.24, 2.45) is 0 Å². The highest BCUT2D eigenvalue weighted by Crippen LogP contribution is 2.35. The molecule has 0 aliphatic carbocycles. The van der Waals surface area contributed by atoms with Crippen LogP contribution in [0, 0.1) is 13.8 Å². The molecule has 0 bridgehead atoms. The van der Waals surface area contributed by atoms with Crippen molar-refractivity contribution in [1.29, 1.82) is 0 Å². The lowest BCUT2D eigenvalue weighted by Gasteiger charge is -2.46. The molecule has 2 amide bonds. The third-order valence-electron chi connectivity index (χ3n) is 6.14. The van der Waals surface area contributed by atoms with Crippen LogP contribution < -0.4 is 5.32 Å². The van der Waals surface area contributed by atoms with Gasteiger partial charge in [0.25, 0.3) is 11.8 Å². The minimum atomic E-state index is -0.411. The number of rotatable bonds is 4. The number of amides is 2.